The normalized spacial score (nSPS) is 16.3. The third kappa shape index (κ3) is 3.37. The maximum Gasteiger partial charge on any atom is 0.319 e. The average Bonchev–Trinajstić information content (AvgIpc) is 3.24. The van der Waals surface area contributed by atoms with Gasteiger partial charge < -0.3 is 10.6 Å². The molecule has 0 spiro atoms. The molecule has 1 aromatic carbocycles. The summed E-state index contributed by atoms with van der Waals surface area (Å²) in [7, 11) is 1.83. The van der Waals surface area contributed by atoms with E-state index in [1.54, 1.807) is 11.0 Å². The second-order valence-electron chi connectivity index (χ2n) is 6.23. The lowest BCUT2D eigenvalue weighted by Crippen LogP contribution is -2.41. The van der Waals surface area contributed by atoms with E-state index < -0.39 is 0 Å². The van der Waals surface area contributed by atoms with Gasteiger partial charge in [0.05, 0.1) is 6.20 Å². The summed E-state index contributed by atoms with van der Waals surface area (Å²) in [6, 6.07) is 7.41. The van der Waals surface area contributed by atoms with Gasteiger partial charge >= 0.3 is 6.03 Å². The van der Waals surface area contributed by atoms with E-state index in [0.717, 1.165) is 30.5 Å². The van der Waals surface area contributed by atoms with Crippen molar-refractivity contribution < 1.29 is 4.79 Å². The number of fused-ring (bicyclic) bond motifs is 1. The van der Waals surface area contributed by atoms with Crippen LogP contribution in [-0.2, 0) is 19.9 Å². The lowest BCUT2D eigenvalue weighted by atomic mass is 9.94. The summed E-state index contributed by atoms with van der Waals surface area (Å²) in [6.07, 6.45) is 6.12. The minimum Gasteiger partial charge on any atom is -0.335 e. The maximum atomic E-state index is 12.2. The zero-order chi connectivity index (χ0) is 17.2. The first-order chi connectivity index (χ1) is 12.2. The van der Waals surface area contributed by atoms with Crippen molar-refractivity contribution in [1.29, 1.82) is 0 Å². The van der Waals surface area contributed by atoms with Crippen molar-refractivity contribution in [3.05, 3.63) is 48.0 Å². The number of carbonyl (C=O) groups is 1. The highest BCUT2D eigenvalue weighted by atomic mass is 16.2. The van der Waals surface area contributed by atoms with Crippen LogP contribution < -0.4 is 10.6 Å². The molecule has 128 valence electrons. The highest BCUT2D eigenvalue weighted by Gasteiger charge is 2.21. The van der Waals surface area contributed by atoms with Crippen LogP contribution in [-0.4, -0.2) is 37.0 Å². The monoisotopic (exact) mass is 337 g/mol. The summed E-state index contributed by atoms with van der Waals surface area (Å²) in [5.74, 6) is 0.664. The Morgan fingerprint density at radius 2 is 2.16 bits per heavy atom. The number of aromatic nitrogens is 5. The molecule has 4 rings (SSSR count). The molecule has 0 unspecified atom stereocenters. The van der Waals surface area contributed by atoms with Crippen molar-refractivity contribution >= 4 is 11.7 Å². The van der Waals surface area contributed by atoms with Crippen LogP contribution in [0.2, 0.25) is 0 Å². The highest BCUT2D eigenvalue weighted by Crippen LogP contribution is 2.20. The summed E-state index contributed by atoms with van der Waals surface area (Å²) in [5, 5.41) is 17.2. The number of nitrogens with one attached hydrogen (secondary N) is 3. The molecule has 0 saturated heterocycles. The van der Waals surface area contributed by atoms with Crippen molar-refractivity contribution in [3.8, 4) is 11.4 Å². The van der Waals surface area contributed by atoms with Crippen molar-refractivity contribution in [2.45, 2.75) is 25.3 Å². The largest absolute Gasteiger partial charge is 0.335 e. The van der Waals surface area contributed by atoms with E-state index in [1.165, 1.54) is 11.3 Å². The summed E-state index contributed by atoms with van der Waals surface area (Å²) in [5.41, 5.74) is 4.00. The first-order valence-electron chi connectivity index (χ1n) is 8.22. The summed E-state index contributed by atoms with van der Waals surface area (Å²) >= 11 is 0. The fourth-order valence-corrected chi connectivity index (χ4v) is 3.07. The topological polar surface area (TPSA) is 101 Å². The lowest BCUT2D eigenvalue weighted by Gasteiger charge is -2.23. The van der Waals surface area contributed by atoms with Gasteiger partial charge in [-0.3, -0.25) is 9.78 Å². The number of anilines is 1. The minimum atomic E-state index is -0.194. The molecule has 8 nitrogen and oxygen atoms in total. The van der Waals surface area contributed by atoms with Crippen molar-refractivity contribution in [3.63, 3.8) is 0 Å². The Bertz CT molecular complexity index is 881. The fraction of sp³-hybridized carbons (Fsp3) is 0.294. The third-order valence-corrected chi connectivity index (χ3v) is 4.35. The molecule has 1 atom stereocenters. The molecule has 1 aliphatic rings. The Kier molecular flexibility index (Phi) is 3.93. The summed E-state index contributed by atoms with van der Waals surface area (Å²) < 4.78 is 1.66. The molecule has 3 N–H and O–H groups in total. The molecule has 3 aromatic rings. The first kappa shape index (κ1) is 15.4. The summed E-state index contributed by atoms with van der Waals surface area (Å²) in [4.78, 5) is 16.4. The second-order valence-corrected chi connectivity index (χ2v) is 6.23. The van der Waals surface area contributed by atoms with Crippen LogP contribution in [0.15, 0.2) is 36.8 Å². The van der Waals surface area contributed by atoms with Crippen molar-refractivity contribution in [2.24, 2.45) is 7.05 Å². The molecule has 0 aliphatic heterocycles. The van der Waals surface area contributed by atoms with Crippen molar-refractivity contribution in [2.75, 3.05) is 5.32 Å². The molecular weight excluding hydrogens is 318 g/mol. The van der Waals surface area contributed by atoms with Gasteiger partial charge in [-0.1, -0.05) is 0 Å². The van der Waals surface area contributed by atoms with Crippen LogP contribution in [0.4, 0.5) is 10.5 Å². The number of carbonyl (C=O) groups excluding carboxylic acids is 1. The number of urea groups is 1. The molecule has 0 radical (unpaired) electrons. The average molecular weight is 337 g/mol. The molecule has 0 bridgehead atoms. The molecule has 2 amide bonds. The van der Waals surface area contributed by atoms with Crippen LogP contribution in [0.25, 0.3) is 11.4 Å². The molecule has 0 saturated carbocycles. The predicted molar refractivity (Wildman–Crippen MR) is 93.0 cm³/mol. The van der Waals surface area contributed by atoms with E-state index in [2.05, 4.69) is 30.9 Å². The van der Waals surface area contributed by atoms with Gasteiger partial charge in [-0.05, 0) is 49.1 Å². The maximum absolute atomic E-state index is 12.2. The number of hydrogen-bond donors (Lipinski definition) is 3. The second kappa shape index (κ2) is 6.39. The van der Waals surface area contributed by atoms with Gasteiger partial charge in [0.25, 0.3) is 0 Å². The Balaban J connectivity index is 1.35. The van der Waals surface area contributed by atoms with E-state index in [0.29, 0.717) is 5.82 Å². The zero-order valence-electron chi connectivity index (χ0n) is 13.9. The Morgan fingerprint density at radius 3 is 2.92 bits per heavy atom. The van der Waals surface area contributed by atoms with Crippen LogP contribution in [0.1, 0.15) is 17.7 Å². The number of nitrogens with zero attached hydrogens (tertiary/aromatic N) is 4. The van der Waals surface area contributed by atoms with E-state index in [1.807, 2.05) is 37.5 Å². The van der Waals surface area contributed by atoms with Gasteiger partial charge in [-0.2, -0.15) is 10.2 Å². The van der Waals surface area contributed by atoms with Gasteiger partial charge in [-0.15, -0.1) is 0 Å². The standard InChI is InChI=1S/C17H19N7O/c1-24-10-18-16(23-24)11-2-4-13(5-3-11)20-17(25)21-14-6-7-15-12(8-14)9-19-22-15/h2-5,9-10,14H,6-8H2,1H3,(H,19,22)(H2,20,21,25)/t14-/m1/s1. The third-order valence-electron chi connectivity index (χ3n) is 4.35. The molecule has 2 aromatic heterocycles. The van der Waals surface area contributed by atoms with Gasteiger partial charge in [0.15, 0.2) is 5.82 Å². The van der Waals surface area contributed by atoms with Gasteiger partial charge in [0.2, 0.25) is 0 Å². The predicted octanol–water partition coefficient (Wildman–Crippen LogP) is 1.88. The number of aryl methyl sites for hydroxylation is 2. The number of benzene rings is 1. The van der Waals surface area contributed by atoms with Gasteiger partial charge in [-0.25, -0.2) is 9.78 Å². The number of rotatable bonds is 3. The first-order valence-corrected chi connectivity index (χ1v) is 8.22. The number of hydrogen-bond acceptors (Lipinski definition) is 4. The molecule has 2 heterocycles. The van der Waals surface area contributed by atoms with Crippen molar-refractivity contribution in [1.82, 2.24) is 30.3 Å². The quantitative estimate of drug-likeness (QED) is 0.679. The van der Waals surface area contributed by atoms with Crippen LogP contribution >= 0.6 is 0 Å². The fourth-order valence-electron chi connectivity index (χ4n) is 3.07. The summed E-state index contributed by atoms with van der Waals surface area (Å²) in [6.45, 7) is 0. The van der Waals surface area contributed by atoms with Crippen LogP contribution in [0.5, 0.6) is 0 Å². The lowest BCUT2D eigenvalue weighted by molar-refractivity contribution is 0.247. The molecular formula is C17H19N7O. The van der Waals surface area contributed by atoms with Gasteiger partial charge in [0.1, 0.15) is 6.33 Å². The number of amides is 2. The minimum absolute atomic E-state index is 0.127. The molecule has 1 aliphatic carbocycles. The Labute approximate surface area is 144 Å². The smallest absolute Gasteiger partial charge is 0.319 e. The highest BCUT2D eigenvalue weighted by molar-refractivity contribution is 5.89. The van der Waals surface area contributed by atoms with Crippen LogP contribution in [0, 0.1) is 0 Å². The molecule has 25 heavy (non-hydrogen) atoms. The molecule has 8 heteroatoms. The van der Waals surface area contributed by atoms with E-state index in [-0.39, 0.29) is 12.1 Å². The zero-order valence-corrected chi connectivity index (χ0v) is 13.9. The van der Waals surface area contributed by atoms with E-state index >= 15 is 0 Å². The van der Waals surface area contributed by atoms with Gasteiger partial charge in [0, 0.05) is 30.0 Å². The Morgan fingerprint density at radius 1 is 1.32 bits per heavy atom. The van der Waals surface area contributed by atoms with E-state index in [4.69, 9.17) is 0 Å². The SMILES string of the molecule is Cn1cnc(-c2ccc(NC(=O)N[C@@H]3CCc4[nH]ncc4C3)cc2)n1. The van der Waals surface area contributed by atoms with E-state index in [9.17, 15) is 4.79 Å². The number of aromatic amines is 1. The van der Waals surface area contributed by atoms with Crippen LogP contribution in [0.3, 0.4) is 0 Å². The molecule has 0 fully saturated rings. The number of H-pyrrole nitrogens is 1. The Hall–Kier alpha value is -3.16.